The van der Waals surface area contributed by atoms with E-state index in [4.69, 9.17) is 4.98 Å². The van der Waals surface area contributed by atoms with E-state index >= 15 is 0 Å². The molecular weight excluding hydrogens is 711 g/mol. The maximum atomic E-state index is 5.14. The Labute approximate surface area is 335 Å². The number of para-hydroxylation sites is 3. The SMILES string of the molecule is c1ccc(-c2cccc(N(c3ccccc3-c3cccc4nc(-c5ccccc5)sc34)c3cc4c5ccccc5n(-c5ccccc5)c4c4ccccc34)c2)cc1. The molecular formula is C53H35N3S. The smallest absolute Gasteiger partial charge is 0.124 e. The highest BCUT2D eigenvalue weighted by atomic mass is 32.1. The highest BCUT2D eigenvalue weighted by Crippen LogP contribution is 2.49. The summed E-state index contributed by atoms with van der Waals surface area (Å²) in [4.78, 5) is 7.62. The Morgan fingerprint density at radius 2 is 1.04 bits per heavy atom. The van der Waals surface area contributed by atoms with E-state index in [0.29, 0.717) is 0 Å². The molecule has 0 saturated carbocycles. The third kappa shape index (κ3) is 5.61. The van der Waals surface area contributed by atoms with E-state index in [1.807, 2.05) is 0 Å². The zero-order valence-corrected chi connectivity index (χ0v) is 31.8. The second-order valence-electron chi connectivity index (χ2n) is 14.3. The predicted molar refractivity (Wildman–Crippen MR) is 242 cm³/mol. The van der Waals surface area contributed by atoms with Crippen LogP contribution in [0.1, 0.15) is 0 Å². The van der Waals surface area contributed by atoms with E-state index < -0.39 is 0 Å². The van der Waals surface area contributed by atoms with Crippen molar-refractivity contribution < 1.29 is 0 Å². The molecule has 0 amide bonds. The Bertz CT molecular complexity index is 3240. The summed E-state index contributed by atoms with van der Waals surface area (Å²) in [5, 5.41) is 5.82. The lowest BCUT2D eigenvalue weighted by atomic mass is 9.98. The van der Waals surface area contributed by atoms with Crippen molar-refractivity contribution in [3.63, 3.8) is 0 Å². The molecule has 2 aromatic heterocycles. The number of nitrogens with zero attached hydrogens (tertiary/aromatic N) is 3. The van der Waals surface area contributed by atoms with Crippen molar-refractivity contribution in [2.45, 2.75) is 0 Å². The van der Waals surface area contributed by atoms with Crippen LogP contribution in [0, 0.1) is 0 Å². The van der Waals surface area contributed by atoms with Gasteiger partial charge in [0.25, 0.3) is 0 Å². The van der Waals surface area contributed by atoms with E-state index in [9.17, 15) is 0 Å². The lowest BCUT2D eigenvalue weighted by molar-refractivity contribution is 1.19. The first kappa shape index (κ1) is 33.1. The highest BCUT2D eigenvalue weighted by Gasteiger charge is 2.24. The lowest BCUT2D eigenvalue weighted by Crippen LogP contribution is -2.12. The molecule has 0 N–H and O–H groups in total. The molecule has 268 valence electrons. The molecule has 57 heavy (non-hydrogen) atoms. The highest BCUT2D eigenvalue weighted by molar-refractivity contribution is 7.22. The summed E-state index contributed by atoms with van der Waals surface area (Å²) in [7, 11) is 0. The summed E-state index contributed by atoms with van der Waals surface area (Å²) in [6.07, 6.45) is 0. The summed E-state index contributed by atoms with van der Waals surface area (Å²) < 4.78 is 3.60. The monoisotopic (exact) mass is 745 g/mol. The minimum absolute atomic E-state index is 1.00. The van der Waals surface area contributed by atoms with E-state index in [1.54, 1.807) is 11.3 Å². The van der Waals surface area contributed by atoms with E-state index in [0.717, 1.165) is 50.0 Å². The Balaban J connectivity index is 1.22. The van der Waals surface area contributed by atoms with Gasteiger partial charge in [0.2, 0.25) is 0 Å². The first-order chi connectivity index (χ1) is 28.3. The molecule has 9 aromatic carbocycles. The number of thiazole rings is 1. The summed E-state index contributed by atoms with van der Waals surface area (Å²) in [5.74, 6) is 0. The average molecular weight is 746 g/mol. The summed E-state index contributed by atoms with van der Waals surface area (Å²) in [5.41, 5.74) is 13.6. The van der Waals surface area contributed by atoms with Crippen molar-refractivity contribution in [1.82, 2.24) is 9.55 Å². The van der Waals surface area contributed by atoms with Crippen LogP contribution in [0.4, 0.5) is 17.1 Å². The predicted octanol–water partition coefficient (Wildman–Crippen LogP) is 15.0. The van der Waals surface area contributed by atoms with Crippen LogP contribution in [0.25, 0.3) is 81.3 Å². The van der Waals surface area contributed by atoms with Gasteiger partial charge in [-0.3, -0.25) is 0 Å². The normalized spacial score (nSPS) is 11.5. The van der Waals surface area contributed by atoms with Crippen LogP contribution in [0.3, 0.4) is 0 Å². The molecule has 0 fully saturated rings. The Kier molecular flexibility index (Phi) is 8.01. The van der Waals surface area contributed by atoms with Gasteiger partial charge < -0.3 is 9.47 Å². The Morgan fingerprint density at radius 3 is 1.84 bits per heavy atom. The van der Waals surface area contributed by atoms with Gasteiger partial charge >= 0.3 is 0 Å². The molecule has 0 atom stereocenters. The number of benzene rings is 9. The number of aromatic nitrogens is 2. The first-order valence-electron chi connectivity index (χ1n) is 19.3. The fourth-order valence-electron chi connectivity index (χ4n) is 8.46. The largest absolute Gasteiger partial charge is 0.309 e. The van der Waals surface area contributed by atoms with Crippen LogP contribution >= 0.6 is 11.3 Å². The van der Waals surface area contributed by atoms with Crippen molar-refractivity contribution in [3.8, 4) is 38.5 Å². The van der Waals surface area contributed by atoms with Crippen LogP contribution in [0.5, 0.6) is 0 Å². The average Bonchev–Trinajstić information content (AvgIpc) is 3.88. The molecule has 11 aromatic rings. The van der Waals surface area contributed by atoms with Gasteiger partial charge in [0.1, 0.15) is 5.01 Å². The van der Waals surface area contributed by atoms with Gasteiger partial charge in [-0.1, -0.05) is 164 Å². The van der Waals surface area contributed by atoms with Gasteiger partial charge in [0.15, 0.2) is 0 Å². The third-order valence-corrected chi connectivity index (χ3v) is 12.1. The Hall–Kier alpha value is -7.27. The lowest BCUT2D eigenvalue weighted by Gasteiger charge is -2.30. The van der Waals surface area contributed by atoms with Gasteiger partial charge in [0.05, 0.1) is 32.6 Å². The quantitative estimate of drug-likeness (QED) is 0.162. The second kappa shape index (κ2) is 13.8. The molecule has 0 aliphatic carbocycles. The van der Waals surface area contributed by atoms with Crippen molar-refractivity contribution >= 4 is 71.2 Å². The van der Waals surface area contributed by atoms with Crippen LogP contribution < -0.4 is 4.90 Å². The molecule has 0 bridgehead atoms. The maximum Gasteiger partial charge on any atom is 0.124 e. The molecule has 0 unspecified atom stereocenters. The van der Waals surface area contributed by atoms with Crippen LogP contribution in [0.15, 0.2) is 212 Å². The third-order valence-electron chi connectivity index (χ3n) is 11.0. The molecule has 2 heterocycles. The zero-order chi connectivity index (χ0) is 37.7. The van der Waals surface area contributed by atoms with E-state index in [1.165, 1.54) is 48.4 Å². The van der Waals surface area contributed by atoms with Gasteiger partial charge in [-0.25, -0.2) is 4.98 Å². The van der Waals surface area contributed by atoms with Crippen molar-refractivity contribution in [3.05, 3.63) is 212 Å². The molecule has 3 nitrogen and oxygen atoms in total. The van der Waals surface area contributed by atoms with E-state index in [2.05, 4.69) is 222 Å². The van der Waals surface area contributed by atoms with Crippen LogP contribution in [-0.4, -0.2) is 9.55 Å². The summed E-state index contributed by atoms with van der Waals surface area (Å²) >= 11 is 1.76. The number of fused-ring (bicyclic) bond motifs is 6. The molecule has 0 radical (unpaired) electrons. The minimum Gasteiger partial charge on any atom is -0.309 e. The van der Waals surface area contributed by atoms with Crippen molar-refractivity contribution in [2.75, 3.05) is 4.90 Å². The number of hydrogen-bond donors (Lipinski definition) is 0. The minimum atomic E-state index is 1.00. The molecule has 11 rings (SSSR count). The van der Waals surface area contributed by atoms with Gasteiger partial charge in [0, 0.05) is 49.6 Å². The molecule has 4 heteroatoms. The number of anilines is 3. The topological polar surface area (TPSA) is 21.1 Å². The van der Waals surface area contributed by atoms with Crippen LogP contribution in [0.2, 0.25) is 0 Å². The first-order valence-corrected chi connectivity index (χ1v) is 20.1. The fourth-order valence-corrected chi connectivity index (χ4v) is 9.56. The van der Waals surface area contributed by atoms with E-state index in [-0.39, 0.29) is 0 Å². The van der Waals surface area contributed by atoms with Gasteiger partial charge in [-0.2, -0.15) is 0 Å². The molecule has 0 aliphatic heterocycles. The number of hydrogen-bond acceptors (Lipinski definition) is 3. The Morgan fingerprint density at radius 1 is 0.421 bits per heavy atom. The molecule has 0 spiro atoms. The van der Waals surface area contributed by atoms with Gasteiger partial charge in [-0.05, 0) is 59.7 Å². The standard InChI is InChI=1S/C53H35N3S/c1-4-18-36(19-5-1)38-22-16-25-40(34-38)55(48-32-14-12-27-42(48)45-30-17-31-47-52(45)57-53(54-47)37-20-6-2-7-21-37)50-35-46-43-28-13-15-33-49(43)56(39-23-8-3-9-24-39)51(46)44-29-11-10-26-41(44)50/h1-35H. The van der Waals surface area contributed by atoms with Crippen molar-refractivity contribution in [2.24, 2.45) is 0 Å². The van der Waals surface area contributed by atoms with Crippen molar-refractivity contribution in [1.29, 1.82) is 0 Å². The zero-order valence-electron chi connectivity index (χ0n) is 31.0. The molecule has 0 saturated heterocycles. The van der Waals surface area contributed by atoms with Gasteiger partial charge in [-0.15, -0.1) is 11.3 Å². The summed E-state index contributed by atoms with van der Waals surface area (Å²) in [6.45, 7) is 0. The number of rotatable bonds is 7. The van der Waals surface area contributed by atoms with Crippen LogP contribution in [-0.2, 0) is 0 Å². The fraction of sp³-hybridized carbons (Fsp3) is 0. The second-order valence-corrected chi connectivity index (χ2v) is 15.3. The maximum absolute atomic E-state index is 5.14. The summed E-state index contributed by atoms with van der Waals surface area (Å²) in [6, 6.07) is 76.4. The molecule has 0 aliphatic rings.